The zero-order chi connectivity index (χ0) is 17.9. The zero-order valence-corrected chi connectivity index (χ0v) is 13.2. The summed E-state index contributed by atoms with van der Waals surface area (Å²) in [4.78, 5) is 15.7. The van der Waals surface area contributed by atoms with Crippen molar-refractivity contribution in [2.24, 2.45) is 0 Å². The Balaban J connectivity index is 1.54. The van der Waals surface area contributed by atoms with Crippen LogP contribution < -0.4 is 10.6 Å². The Labute approximate surface area is 142 Å². The highest BCUT2D eigenvalue weighted by Crippen LogP contribution is 2.32. The highest BCUT2D eigenvalue weighted by atomic mass is 32.1. The van der Waals surface area contributed by atoms with Gasteiger partial charge in [0.25, 0.3) is 0 Å². The summed E-state index contributed by atoms with van der Waals surface area (Å²) >= 11 is 0.233. The highest BCUT2D eigenvalue weighted by molar-refractivity contribution is 7.15. The molecule has 0 radical (unpaired) electrons. The van der Waals surface area contributed by atoms with Crippen LogP contribution in [0.2, 0.25) is 0 Å². The molecule has 0 bridgehead atoms. The quantitative estimate of drug-likeness (QED) is 0.734. The van der Waals surface area contributed by atoms with Crippen LogP contribution in [0.4, 0.5) is 23.1 Å². The first-order valence-electron chi connectivity index (χ1n) is 6.87. The third-order valence-electron chi connectivity index (χ3n) is 2.90. The van der Waals surface area contributed by atoms with Gasteiger partial charge in [0.05, 0.1) is 12.7 Å². The number of nitrogens with zero attached hydrogens (tertiary/aromatic N) is 3. The molecule has 11 heteroatoms. The summed E-state index contributed by atoms with van der Waals surface area (Å²) in [6.45, 7) is -0.0381. The van der Waals surface area contributed by atoms with Gasteiger partial charge in [0.2, 0.25) is 16.0 Å². The lowest BCUT2D eigenvalue weighted by atomic mass is 10.2. The summed E-state index contributed by atoms with van der Waals surface area (Å²) < 4.78 is 42.7. The lowest BCUT2D eigenvalue weighted by molar-refractivity contribution is -0.138. The van der Waals surface area contributed by atoms with Gasteiger partial charge in [0.1, 0.15) is 0 Å². The molecule has 25 heavy (non-hydrogen) atoms. The van der Waals surface area contributed by atoms with E-state index in [2.05, 4.69) is 25.8 Å². The lowest BCUT2D eigenvalue weighted by Gasteiger charge is -2.02. The number of urea groups is 1. The SMILES string of the molecule is O=C(NCc1ncc(-c2ccccc2)o1)Nc1nnc(C(F)(F)F)s1. The molecule has 2 amide bonds. The largest absolute Gasteiger partial charge is 0.445 e. The van der Waals surface area contributed by atoms with E-state index in [1.807, 2.05) is 30.3 Å². The maximum atomic E-state index is 12.4. The van der Waals surface area contributed by atoms with E-state index in [4.69, 9.17) is 4.42 Å². The first-order chi connectivity index (χ1) is 11.9. The van der Waals surface area contributed by atoms with E-state index in [0.29, 0.717) is 5.76 Å². The van der Waals surface area contributed by atoms with Gasteiger partial charge in [-0.3, -0.25) is 5.32 Å². The van der Waals surface area contributed by atoms with Gasteiger partial charge in [-0.05, 0) is 0 Å². The molecule has 3 aromatic rings. The number of anilines is 1. The monoisotopic (exact) mass is 369 g/mol. The van der Waals surface area contributed by atoms with Crippen LogP contribution in [-0.2, 0) is 12.7 Å². The van der Waals surface area contributed by atoms with Gasteiger partial charge >= 0.3 is 12.2 Å². The van der Waals surface area contributed by atoms with Crippen molar-refractivity contribution in [3.8, 4) is 11.3 Å². The number of halogens is 3. The molecule has 2 N–H and O–H groups in total. The molecular formula is C14H10F3N5O2S. The molecule has 0 aliphatic carbocycles. The minimum Gasteiger partial charge on any atom is -0.439 e. The molecule has 0 unspecified atom stereocenters. The van der Waals surface area contributed by atoms with Crippen LogP contribution in [0.1, 0.15) is 10.9 Å². The van der Waals surface area contributed by atoms with E-state index >= 15 is 0 Å². The fourth-order valence-electron chi connectivity index (χ4n) is 1.81. The average Bonchev–Trinajstić information content (AvgIpc) is 3.23. The van der Waals surface area contributed by atoms with Crippen molar-refractivity contribution in [3.05, 3.63) is 47.4 Å². The molecule has 0 aliphatic rings. The van der Waals surface area contributed by atoms with Gasteiger partial charge in [0.15, 0.2) is 5.76 Å². The number of hydrogen-bond acceptors (Lipinski definition) is 6. The number of oxazole rings is 1. The number of nitrogens with one attached hydrogen (secondary N) is 2. The minimum atomic E-state index is -4.60. The molecule has 2 aromatic heterocycles. The van der Waals surface area contributed by atoms with Gasteiger partial charge in [-0.1, -0.05) is 41.7 Å². The molecule has 0 aliphatic heterocycles. The van der Waals surface area contributed by atoms with Crippen molar-refractivity contribution >= 4 is 22.5 Å². The Hall–Kier alpha value is -2.95. The van der Waals surface area contributed by atoms with Crippen LogP contribution in [0, 0.1) is 0 Å². The first kappa shape index (κ1) is 16.9. The minimum absolute atomic E-state index is 0.0381. The second-order valence-electron chi connectivity index (χ2n) is 4.70. The van der Waals surface area contributed by atoms with Gasteiger partial charge in [-0.25, -0.2) is 9.78 Å². The second kappa shape index (κ2) is 6.89. The maximum Gasteiger partial charge on any atom is 0.445 e. The Kier molecular flexibility index (Phi) is 4.65. The fourth-order valence-corrected chi connectivity index (χ4v) is 2.42. The number of hydrogen-bond donors (Lipinski definition) is 2. The molecule has 1 aromatic carbocycles. The predicted octanol–water partition coefficient (Wildman–Crippen LogP) is 3.53. The Bertz CT molecular complexity index is 863. The van der Waals surface area contributed by atoms with Crippen molar-refractivity contribution in [2.45, 2.75) is 12.7 Å². The summed E-state index contributed by atoms with van der Waals surface area (Å²) in [5, 5.41) is 9.41. The van der Waals surface area contributed by atoms with Gasteiger partial charge in [0, 0.05) is 5.56 Å². The molecule has 130 valence electrons. The molecule has 2 heterocycles. The molecular weight excluding hydrogens is 359 g/mol. The van der Waals surface area contributed by atoms with Gasteiger partial charge in [-0.15, -0.1) is 10.2 Å². The molecule has 7 nitrogen and oxygen atoms in total. The Morgan fingerprint density at radius 2 is 1.96 bits per heavy atom. The van der Waals surface area contributed by atoms with Gasteiger partial charge < -0.3 is 9.73 Å². The van der Waals surface area contributed by atoms with Crippen molar-refractivity contribution in [2.75, 3.05) is 5.32 Å². The van der Waals surface area contributed by atoms with Crippen LogP contribution >= 0.6 is 11.3 Å². The Morgan fingerprint density at radius 3 is 2.64 bits per heavy atom. The summed E-state index contributed by atoms with van der Waals surface area (Å²) in [5.74, 6) is 0.791. The van der Waals surface area contributed by atoms with Crippen molar-refractivity contribution in [3.63, 3.8) is 0 Å². The lowest BCUT2D eigenvalue weighted by Crippen LogP contribution is -2.28. The molecule has 3 rings (SSSR count). The predicted molar refractivity (Wildman–Crippen MR) is 82.7 cm³/mol. The topological polar surface area (TPSA) is 92.9 Å². The van der Waals surface area contributed by atoms with E-state index in [1.165, 1.54) is 6.20 Å². The number of benzene rings is 1. The van der Waals surface area contributed by atoms with E-state index in [0.717, 1.165) is 5.56 Å². The fraction of sp³-hybridized carbons (Fsp3) is 0.143. The summed E-state index contributed by atoms with van der Waals surface area (Å²) in [5.41, 5.74) is 0.833. The van der Waals surface area contributed by atoms with Crippen LogP contribution in [0.25, 0.3) is 11.3 Å². The van der Waals surface area contributed by atoms with Gasteiger partial charge in [-0.2, -0.15) is 13.2 Å². The van der Waals surface area contributed by atoms with Crippen molar-refractivity contribution in [1.82, 2.24) is 20.5 Å². The smallest absolute Gasteiger partial charge is 0.439 e. The third-order valence-corrected chi connectivity index (χ3v) is 3.78. The van der Waals surface area contributed by atoms with Crippen LogP contribution in [0.3, 0.4) is 0 Å². The number of alkyl halides is 3. The summed E-state index contributed by atoms with van der Waals surface area (Å²) in [7, 11) is 0. The number of carbonyl (C=O) groups excluding carboxylic acids is 1. The van der Waals surface area contributed by atoms with Crippen molar-refractivity contribution in [1.29, 1.82) is 0 Å². The third kappa shape index (κ3) is 4.32. The number of rotatable bonds is 4. The first-order valence-corrected chi connectivity index (χ1v) is 7.69. The number of carbonyl (C=O) groups is 1. The number of amides is 2. The highest BCUT2D eigenvalue weighted by Gasteiger charge is 2.35. The van der Waals surface area contributed by atoms with Crippen molar-refractivity contribution < 1.29 is 22.4 Å². The van der Waals surface area contributed by atoms with E-state index in [-0.39, 0.29) is 28.9 Å². The molecule has 0 fully saturated rings. The molecule has 0 spiro atoms. The normalized spacial score (nSPS) is 11.3. The van der Waals surface area contributed by atoms with Crippen LogP contribution in [0.5, 0.6) is 0 Å². The molecule has 0 saturated heterocycles. The second-order valence-corrected chi connectivity index (χ2v) is 5.68. The molecule has 0 saturated carbocycles. The van der Waals surface area contributed by atoms with Crippen LogP contribution in [0.15, 0.2) is 40.9 Å². The zero-order valence-electron chi connectivity index (χ0n) is 12.4. The van der Waals surface area contributed by atoms with Crippen LogP contribution in [-0.4, -0.2) is 21.2 Å². The standard InChI is InChI=1S/C14H10F3N5O2S/c15-14(16,17)11-21-22-13(25-11)20-12(23)19-7-10-18-6-9(24-10)8-4-2-1-3-5-8/h1-6H,7H2,(H2,19,20,22,23). The summed E-state index contributed by atoms with van der Waals surface area (Å²) in [6.07, 6.45) is -3.08. The Morgan fingerprint density at radius 1 is 1.20 bits per heavy atom. The number of aromatic nitrogens is 3. The average molecular weight is 369 g/mol. The van der Waals surface area contributed by atoms with E-state index in [1.54, 1.807) is 0 Å². The summed E-state index contributed by atoms with van der Waals surface area (Å²) in [6, 6.07) is 8.51. The maximum absolute atomic E-state index is 12.4. The van der Waals surface area contributed by atoms with E-state index in [9.17, 15) is 18.0 Å². The van der Waals surface area contributed by atoms with E-state index < -0.39 is 17.2 Å². The molecule has 0 atom stereocenters.